The number of esters is 1. The molecule has 2 aromatic rings. The Hall–Kier alpha value is -2.11. The van der Waals surface area contributed by atoms with Gasteiger partial charge in [-0.3, -0.25) is 14.5 Å². The molecule has 172 valence electrons. The first kappa shape index (κ1) is 26.9. The first-order valence-electron chi connectivity index (χ1n) is 8.79. The van der Waals surface area contributed by atoms with Crippen molar-refractivity contribution in [1.29, 1.82) is 0 Å². The Morgan fingerprint density at radius 2 is 1.81 bits per heavy atom. The summed E-state index contributed by atoms with van der Waals surface area (Å²) in [6, 6.07) is 3.99. The minimum Gasteiger partial charge on any atom is -0.469 e. The number of benzene rings is 1. The molecule has 0 aliphatic rings. The number of carbonyl (C=O) groups excluding carboxylic acids is 1. The summed E-state index contributed by atoms with van der Waals surface area (Å²) in [5.41, 5.74) is 0.548. The summed E-state index contributed by atoms with van der Waals surface area (Å²) in [6.45, 7) is 6.20. The van der Waals surface area contributed by atoms with Gasteiger partial charge in [0.2, 0.25) is 0 Å². The zero-order valence-corrected chi connectivity index (χ0v) is 18.7. The quantitative estimate of drug-likeness (QED) is 0.330. The average Bonchev–Trinajstić information content (AvgIpc) is 2.66. The van der Waals surface area contributed by atoms with Crippen molar-refractivity contribution in [3.05, 3.63) is 53.3 Å². The zero-order valence-electron chi connectivity index (χ0n) is 17.2. The fourth-order valence-corrected chi connectivity index (χ4v) is 2.84. The van der Waals surface area contributed by atoms with E-state index in [0.717, 1.165) is 12.1 Å². The molecule has 1 aromatic carbocycles. The molecule has 31 heavy (non-hydrogen) atoms. The van der Waals surface area contributed by atoms with Gasteiger partial charge in [0, 0.05) is 17.1 Å². The van der Waals surface area contributed by atoms with Gasteiger partial charge in [0.1, 0.15) is 0 Å². The van der Waals surface area contributed by atoms with Crippen LogP contribution in [0.3, 0.4) is 0 Å². The van der Waals surface area contributed by atoms with Gasteiger partial charge in [-0.05, 0) is 32.9 Å². The van der Waals surface area contributed by atoms with Crippen molar-refractivity contribution < 1.29 is 31.8 Å². The van der Waals surface area contributed by atoms with Crippen LogP contribution < -0.4 is 9.46 Å². The summed E-state index contributed by atoms with van der Waals surface area (Å²) >= 11 is 7.53. The first-order valence-corrected chi connectivity index (χ1v) is 9.99. The van der Waals surface area contributed by atoms with Crippen LogP contribution in [0.2, 0.25) is 5.15 Å². The van der Waals surface area contributed by atoms with Crippen molar-refractivity contribution in [1.82, 2.24) is 14.7 Å². The van der Waals surface area contributed by atoms with E-state index in [9.17, 15) is 22.4 Å². The molecule has 0 saturated heterocycles. The lowest BCUT2D eigenvalue weighted by molar-refractivity contribution is -0.275. The standard InChI is InChI=1S/C12H18ClN3O2S.C7H4F4O/c1-12(2,3)19-16-8(7-9(17)18-4)10-11(13)15-6-5-14-10;8-5-3-1-2-4-6(5)12-7(9,10)11/h5-6,8,16H,7H2,1-4H3;1-4H. The van der Waals surface area contributed by atoms with E-state index in [1.165, 1.54) is 37.4 Å². The van der Waals surface area contributed by atoms with E-state index in [2.05, 4.69) is 40.2 Å². The molecule has 6 nitrogen and oxygen atoms in total. The molecule has 0 saturated carbocycles. The van der Waals surface area contributed by atoms with Gasteiger partial charge >= 0.3 is 12.3 Å². The summed E-state index contributed by atoms with van der Waals surface area (Å²) in [7, 11) is 1.36. The van der Waals surface area contributed by atoms with Crippen LogP contribution in [0.4, 0.5) is 17.6 Å². The van der Waals surface area contributed by atoms with Crippen LogP contribution in [0.15, 0.2) is 36.7 Å². The number of methoxy groups -OCH3 is 1. The van der Waals surface area contributed by atoms with Crippen molar-refractivity contribution in [2.45, 2.75) is 44.3 Å². The van der Waals surface area contributed by atoms with E-state index >= 15 is 0 Å². The molecule has 0 fully saturated rings. The van der Waals surface area contributed by atoms with E-state index < -0.39 is 17.9 Å². The number of ether oxygens (including phenoxy) is 2. The van der Waals surface area contributed by atoms with Gasteiger partial charge in [-0.2, -0.15) is 0 Å². The third kappa shape index (κ3) is 11.2. The second-order valence-corrected chi connectivity index (χ2v) is 8.90. The highest BCUT2D eigenvalue weighted by Gasteiger charge is 2.32. The number of carbonyl (C=O) groups is 1. The lowest BCUT2D eigenvalue weighted by atomic mass is 10.1. The predicted octanol–water partition coefficient (Wildman–Crippen LogP) is 5.49. The molecule has 0 radical (unpaired) electrons. The molecule has 1 N–H and O–H groups in total. The number of nitrogens with zero attached hydrogens (tertiary/aromatic N) is 2. The maximum atomic E-state index is 12.5. The maximum absolute atomic E-state index is 12.5. The molecule has 0 bridgehead atoms. The van der Waals surface area contributed by atoms with Crippen LogP contribution in [0.5, 0.6) is 5.75 Å². The normalized spacial score (nSPS) is 12.4. The summed E-state index contributed by atoms with van der Waals surface area (Å²) in [5.74, 6) is -2.17. The fraction of sp³-hybridized carbons (Fsp3) is 0.421. The van der Waals surface area contributed by atoms with Crippen LogP contribution in [0.25, 0.3) is 0 Å². The molecule has 0 spiro atoms. The molecule has 1 aromatic heterocycles. The highest BCUT2D eigenvalue weighted by atomic mass is 35.5. The smallest absolute Gasteiger partial charge is 0.469 e. The fourth-order valence-electron chi connectivity index (χ4n) is 1.91. The third-order valence-electron chi connectivity index (χ3n) is 3.18. The van der Waals surface area contributed by atoms with Crippen LogP contribution >= 0.6 is 23.5 Å². The Labute approximate surface area is 186 Å². The monoisotopic (exact) mass is 483 g/mol. The van der Waals surface area contributed by atoms with Gasteiger partial charge in [-0.15, -0.1) is 13.2 Å². The predicted molar refractivity (Wildman–Crippen MR) is 110 cm³/mol. The largest absolute Gasteiger partial charge is 0.573 e. The van der Waals surface area contributed by atoms with Crippen molar-refractivity contribution in [2.24, 2.45) is 0 Å². The zero-order chi connectivity index (χ0) is 23.7. The molecule has 1 unspecified atom stereocenters. The Kier molecular flexibility index (Phi) is 10.5. The van der Waals surface area contributed by atoms with E-state index in [1.54, 1.807) is 6.20 Å². The van der Waals surface area contributed by atoms with Crippen LogP contribution in [-0.4, -0.2) is 34.2 Å². The molecule has 1 heterocycles. The highest BCUT2D eigenvalue weighted by Crippen LogP contribution is 2.28. The van der Waals surface area contributed by atoms with E-state index in [0.29, 0.717) is 10.8 Å². The minimum atomic E-state index is -4.85. The first-order chi connectivity index (χ1) is 14.3. The molecule has 2 rings (SSSR count). The number of alkyl halides is 3. The van der Waals surface area contributed by atoms with Crippen molar-refractivity contribution >= 4 is 29.5 Å². The second kappa shape index (κ2) is 12.1. The Morgan fingerprint density at radius 3 is 2.32 bits per heavy atom. The molecule has 0 amide bonds. The number of hydrogen-bond acceptors (Lipinski definition) is 7. The van der Waals surface area contributed by atoms with Crippen molar-refractivity contribution in [2.75, 3.05) is 7.11 Å². The average molecular weight is 484 g/mol. The molecular formula is C19H22ClF4N3O3S. The summed E-state index contributed by atoms with van der Waals surface area (Å²) in [4.78, 5) is 19.6. The van der Waals surface area contributed by atoms with Gasteiger partial charge in [0.05, 0.1) is 25.3 Å². The van der Waals surface area contributed by atoms with Gasteiger partial charge in [0.15, 0.2) is 16.7 Å². The number of para-hydroxylation sites is 1. The molecule has 12 heteroatoms. The van der Waals surface area contributed by atoms with E-state index in [-0.39, 0.29) is 23.2 Å². The number of hydrogen-bond donors (Lipinski definition) is 1. The van der Waals surface area contributed by atoms with Crippen molar-refractivity contribution in [3.8, 4) is 5.75 Å². The Balaban J connectivity index is 0.000000343. The third-order valence-corrected chi connectivity index (χ3v) is 4.48. The summed E-state index contributed by atoms with van der Waals surface area (Å²) in [5, 5.41) is 0.290. The topological polar surface area (TPSA) is 73.3 Å². The van der Waals surface area contributed by atoms with Crippen LogP contribution in [0, 0.1) is 5.82 Å². The lowest BCUT2D eigenvalue weighted by Crippen LogP contribution is -2.25. The number of nitrogens with one attached hydrogen (secondary N) is 1. The Morgan fingerprint density at radius 1 is 1.19 bits per heavy atom. The number of halogens is 5. The second-order valence-electron chi connectivity index (χ2n) is 6.88. The number of aromatic nitrogens is 2. The van der Waals surface area contributed by atoms with Gasteiger partial charge in [-0.25, -0.2) is 9.37 Å². The SMILES string of the molecule is COC(=O)CC(NSC(C)(C)C)c1nccnc1Cl.Fc1ccccc1OC(F)(F)F. The van der Waals surface area contributed by atoms with Crippen LogP contribution in [-0.2, 0) is 9.53 Å². The Bertz CT molecular complexity index is 851. The van der Waals surface area contributed by atoms with Crippen molar-refractivity contribution in [3.63, 3.8) is 0 Å². The molecule has 0 aliphatic carbocycles. The maximum Gasteiger partial charge on any atom is 0.573 e. The van der Waals surface area contributed by atoms with Gasteiger partial charge in [-0.1, -0.05) is 35.7 Å². The number of rotatable bonds is 6. The van der Waals surface area contributed by atoms with Crippen LogP contribution in [0.1, 0.15) is 38.9 Å². The minimum absolute atomic E-state index is 0.00303. The molecule has 0 aliphatic heterocycles. The van der Waals surface area contributed by atoms with E-state index in [4.69, 9.17) is 16.3 Å². The summed E-state index contributed by atoms with van der Waals surface area (Å²) < 4.78 is 58.4. The lowest BCUT2D eigenvalue weighted by Gasteiger charge is -2.23. The molecular weight excluding hydrogens is 462 g/mol. The van der Waals surface area contributed by atoms with E-state index in [1.807, 2.05) is 0 Å². The van der Waals surface area contributed by atoms with Gasteiger partial charge in [0.25, 0.3) is 0 Å². The molecule has 1 atom stereocenters. The summed E-state index contributed by atoms with van der Waals surface area (Å²) in [6.07, 6.45) is -1.63. The highest BCUT2D eigenvalue weighted by molar-refractivity contribution is 7.98. The van der Waals surface area contributed by atoms with Gasteiger partial charge < -0.3 is 9.47 Å².